The van der Waals surface area contributed by atoms with Crippen LogP contribution in [0.2, 0.25) is 18.1 Å². The minimum atomic E-state index is -1.84. The zero-order chi connectivity index (χ0) is 22.2. The third-order valence-electron chi connectivity index (χ3n) is 6.62. The predicted octanol–water partition coefficient (Wildman–Crippen LogP) is 6.84. The van der Waals surface area contributed by atoms with Gasteiger partial charge in [0.05, 0.1) is 12.3 Å². The van der Waals surface area contributed by atoms with Gasteiger partial charge in [0.15, 0.2) is 8.32 Å². The standard InChI is InChI=1S/C27H31NO2Si/c1-27(2,3)31(4,5)30-18-19-11-12-21-13-14-25-24(26(29)23(21)15-19)16-22(17-28-25)20-9-7-6-8-10-20/h6-17,26,29H,18H2,1-5H3. The molecule has 0 bridgehead atoms. The van der Waals surface area contributed by atoms with Gasteiger partial charge in [0, 0.05) is 17.3 Å². The first kappa shape index (κ1) is 21.7. The molecule has 1 atom stereocenters. The van der Waals surface area contributed by atoms with E-state index in [1.54, 1.807) is 0 Å². The Morgan fingerprint density at radius 1 is 0.935 bits per heavy atom. The van der Waals surface area contributed by atoms with Gasteiger partial charge < -0.3 is 9.53 Å². The maximum atomic E-state index is 11.3. The summed E-state index contributed by atoms with van der Waals surface area (Å²) in [5.41, 5.74) is 6.75. The molecule has 0 saturated carbocycles. The average molecular weight is 430 g/mol. The molecule has 0 saturated heterocycles. The summed E-state index contributed by atoms with van der Waals surface area (Å²) in [6.07, 6.45) is 5.17. The lowest BCUT2D eigenvalue weighted by molar-refractivity contribution is 0.219. The summed E-state index contributed by atoms with van der Waals surface area (Å²) in [5, 5.41) is 11.5. The number of aliphatic hydroxyl groups is 1. The Labute approximate surface area is 186 Å². The van der Waals surface area contributed by atoms with E-state index in [0.29, 0.717) is 6.61 Å². The maximum Gasteiger partial charge on any atom is 0.192 e. The van der Waals surface area contributed by atoms with Crippen LogP contribution in [0.5, 0.6) is 0 Å². The van der Waals surface area contributed by atoms with E-state index in [4.69, 9.17) is 4.43 Å². The van der Waals surface area contributed by atoms with Gasteiger partial charge in [-0.3, -0.25) is 4.98 Å². The predicted molar refractivity (Wildman–Crippen MR) is 131 cm³/mol. The van der Waals surface area contributed by atoms with Gasteiger partial charge in [-0.1, -0.05) is 69.3 Å². The van der Waals surface area contributed by atoms with Gasteiger partial charge in [0.25, 0.3) is 0 Å². The molecule has 3 nitrogen and oxygen atoms in total. The first-order valence-corrected chi connectivity index (χ1v) is 13.7. The highest BCUT2D eigenvalue weighted by Gasteiger charge is 2.37. The number of aliphatic hydroxyl groups excluding tert-OH is 1. The summed E-state index contributed by atoms with van der Waals surface area (Å²) in [5.74, 6) is 0. The lowest BCUT2D eigenvalue weighted by Crippen LogP contribution is -2.40. The number of fused-ring (bicyclic) bond motifs is 2. The molecule has 0 fully saturated rings. The van der Waals surface area contributed by atoms with E-state index in [-0.39, 0.29) is 5.04 Å². The van der Waals surface area contributed by atoms with E-state index in [9.17, 15) is 5.11 Å². The van der Waals surface area contributed by atoms with Crippen LogP contribution >= 0.6 is 0 Å². The van der Waals surface area contributed by atoms with Crippen LogP contribution in [0.15, 0.2) is 60.8 Å². The second-order valence-corrected chi connectivity index (χ2v) is 14.6. The Morgan fingerprint density at radius 3 is 2.39 bits per heavy atom. The molecule has 1 N–H and O–H groups in total. The van der Waals surface area contributed by atoms with E-state index < -0.39 is 14.4 Å². The third kappa shape index (κ3) is 4.42. The highest BCUT2D eigenvalue weighted by molar-refractivity contribution is 6.74. The number of benzene rings is 2. The summed E-state index contributed by atoms with van der Waals surface area (Å²) >= 11 is 0. The number of aromatic nitrogens is 1. The molecule has 1 unspecified atom stereocenters. The molecule has 0 aliphatic heterocycles. The third-order valence-corrected chi connectivity index (χ3v) is 11.1. The van der Waals surface area contributed by atoms with Crippen molar-refractivity contribution in [2.24, 2.45) is 0 Å². The van der Waals surface area contributed by atoms with Crippen molar-refractivity contribution in [2.45, 2.75) is 51.6 Å². The van der Waals surface area contributed by atoms with E-state index >= 15 is 0 Å². The molecule has 0 radical (unpaired) electrons. The van der Waals surface area contributed by atoms with Crippen molar-refractivity contribution in [1.29, 1.82) is 0 Å². The Hall–Kier alpha value is -2.53. The first-order valence-electron chi connectivity index (χ1n) is 10.8. The summed E-state index contributed by atoms with van der Waals surface area (Å²) in [6, 6.07) is 18.5. The normalized spacial score (nSPS) is 15.9. The highest BCUT2D eigenvalue weighted by atomic mass is 28.4. The number of hydrogen-bond acceptors (Lipinski definition) is 3. The van der Waals surface area contributed by atoms with E-state index in [1.165, 1.54) is 0 Å². The molecule has 1 heterocycles. The van der Waals surface area contributed by atoms with Crippen LogP contribution in [0, 0.1) is 0 Å². The van der Waals surface area contributed by atoms with Crippen LogP contribution in [-0.4, -0.2) is 18.4 Å². The number of pyridine rings is 1. The van der Waals surface area contributed by atoms with Crippen molar-refractivity contribution in [2.75, 3.05) is 0 Å². The van der Waals surface area contributed by atoms with E-state index in [1.807, 2.05) is 36.5 Å². The van der Waals surface area contributed by atoms with Crippen LogP contribution in [0.4, 0.5) is 0 Å². The fourth-order valence-electron chi connectivity index (χ4n) is 3.56. The van der Waals surface area contributed by atoms with Crippen molar-refractivity contribution >= 4 is 20.5 Å². The van der Waals surface area contributed by atoms with E-state index in [0.717, 1.165) is 39.1 Å². The molecule has 4 heteroatoms. The molecule has 3 aromatic rings. The minimum Gasteiger partial charge on any atom is -0.413 e. The van der Waals surface area contributed by atoms with E-state index in [2.05, 4.69) is 75.2 Å². The van der Waals surface area contributed by atoms with Gasteiger partial charge >= 0.3 is 0 Å². The van der Waals surface area contributed by atoms with Gasteiger partial charge in [0.2, 0.25) is 0 Å². The Bertz CT molecular complexity index is 1110. The zero-order valence-electron chi connectivity index (χ0n) is 19.0. The van der Waals surface area contributed by atoms with Crippen molar-refractivity contribution in [3.8, 4) is 11.1 Å². The molecule has 1 aliphatic carbocycles. The van der Waals surface area contributed by atoms with Gasteiger partial charge in [-0.15, -0.1) is 0 Å². The molecule has 0 spiro atoms. The molecule has 2 aromatic carbocycles. The van der Waals surface area contributed by atoms with Crippen molar-refractivity contribution in [3.63, 3.8) is 0 Å². The Kier molecular flexibility index (Phi) is 5.73. The monoisotopic (exact) mass is 429 g/mol. The molecule has 4 rings (SSSR count). The molecule has 1 aromatic heterocycles. The number of rotatable bonds is 4. The second kappa shape index (κ2) is 8.19. The Balaban J connectivity index is 1.66. The fraction of sp³-hybridized carbons (Fsp3) is 0.296. The van der Waals surface area contributed by atoms with Crippen LogP contribution in [0.3, 0.4) is 0 Å². The molecular formula is C27H31NO2Si. The topological polar surface area (TPSA) is 42.4 Å². The largest absolute Gasteiger partial charge is 0.413 e. The van der Waals surface area contributed by atoms with Crippen molar-refractivity contribution in [3.05, 3.63) is 88.7 Å². The molecule has 160 valence electrons. The first-order chi connectivity index (χ1) is 14.7. The summed E-state index contributed by atoms with van der Waals surface area (Å²) in [4.78, 5) is 4.64. The van der Waals surface area contributed by atoms with Gasteiger partial charge in [-0.25, -0.2) is 0 Å². The minimum absolute atomic E-state index is 0.166. The quantitative estimate of drug-likeness (QED) is 0.462. The van der Waals surface area contributed by atoms with Crippen molar-refractivity contribution in [1.82, 2.24) is 4.98 Å². The van der Waals surface area contributed by atoms with Gasteiger partial charge in [0.1, 0.15) is 6.10 Å². The highest BCUT2D eigenvalue weighted by Crippen LogP contribution is 2.38. The van der Waals surface area contributed by atoms with Crippen LogP contribution in [0.25, 0.3) is 23.3 Å². The number of hydrogen-bond donors (Lipinski definition) is 1. The second-order valence-electron chi connectivity index (χ2n) is 9.81. The Morgan fingerprint density at radius 2 is 1.68 bits per heavy atom. The average Bonchev–Trinajstić information content (AvgIpc) is 2.88. The summed E-state index contributed by atoms with van der Waals surface area (Å²) < 4.78 is 6.41. The molecule has 1 aliphatic rings. The smallest absolute Gasteiger partial charge is 0.192 e. The molecule has 0 amide bonds. The van der Waals surface area contributed by atoms with Crippen LogP contribution in [0.1, 0.15) is 54.8 Å². The van der Waals surface area contributed by atoms with Gasteiger partial charge in [-0.05, 0) is 58.6 Å². The molecular weight excluding hydrogens is 398 g/mol. The van der Waals surface area contributed by atoms with Crippen LogP contribution in [-0.2, 0) is 11.0 Å². The zero-order valence-corrected chi connectivity index (χ0v) is 20.0. The SMILES string of the molecule is CC(C)(C)[Si](C)(C)OCc1ccc2c(c1)C(O)c1cc(-c3ccccc3)cnc1C=C2. The molecule has 31 heavy (non-hydrogen) atoms. The lowest BCUT2D eigenvalue weighted by atomic mass is 9.95. The summed E-state index contributed by atoms with van der Waals surface area (Å²) in [6.45, 7) is 11.8. The maximum absolute atomic E-state index is 11.3. The number of nitrogens with zero attached hydrogens (tertiary/aromatic N) is 1. The lowest BCUT2D eigenvalue weighted by Gasteiger charge is -2.36. The van der Waals surface area contributed by atoms with Gasteiger partial charge in [-0.2, -0.15) is 0 Å². The van der Waals surface area contributed by atoms with Crippen LogP contribution < -0.4 is 0 Å². The summed E-state index contributed by atoms with van der Waals surface area (Å²) in [7, 11) is -1.84. The van der Waals surface area contributed by atoms with Crippen molar-refractivity contribution < 1.29 is 9.53 Å². The fourth-order valence-corrected chi connectivity index (χ4v) is 4.52.